The van der Waals surface area contributed by atoms with E-state index in [1.807, 2.05) is 34.7 Å². The van der Waals surface area contributed by atoms with Crippen LogP contribution in [0.4, 0.5) is 0 Å². The molecule has 0 spiro atoms. The van der Waals surface area contributed by atoms with Gasteiger partial charge >= 0.3 is 11.9 Å². The van der Waals surface area contributed by atoms with Gasteiger partial charge in [0.2, 0.25) is 0 Å². The van der Waals surface area contributed by atoms with Crippen LogP contribution in [0.25, 0.3) is 0 Å². The number of aliphatic carboxylic acids is 2. The lowest BCUT2D eigenvalue weighted by Gasteiger charge is -2.55. The number of carboxylic acids is 2. The normalized spacial score (nSPS) is 24.1. The SMILES string of the molecule is CN1C(C)(C)CC(C(C)(C(=O)O)C(=O)O)CC1(C)C. The van der Waals surface area contributed by atoms with Crippen LogP contribution in [-0.4, -0.2) is 45.2 Å². The molecule has 1 aliphatic rings. The van der Waals surface area contributed by atoms with E-state index < -0.39 is 17.4 Å². The summed E-state index contributed by atoms with van der Waals surface area (Å²) in [5, 5.41) is 18.7. The van der Waals surface area contributed by atoms with Gasteiger partial charge in [0.05, 0.1) is 0 Å². The summed E-state index contributed by atoms with van der Waals surface area (Å²) in [7, 11) is 2.01. The fourth-order valence-electron chi connectivity index (χ4n) is 3.22. The van der Waals surface area contributed by atoms with E-state index >= 15 is 0 Å². The van der Waals surface area contributed by atoms with Crippen LogP contribution in [0.5, 0.6) is 0 Å². The molecule has 0 aliphatic carbocycles. The lowest BCUT2D eigenvalue weighted by Crippen LogP contribution is -2.62. The highest BCUT2D eigenvalue weighted by Gasteiger charge is 2.55. The smallest absolute Gasteiger partial charge is 0.321 e. The van der Waals surface area contributed by atoms with Crippen LogP contribution in [-0.2, 0) is 9.59 Å². The number of carbonyl (C=O) groups is 2. The monoisotopic (exact) mass is 271 g/mol. The molecule has 1 heterocycles. The summed E-state index contributed by atoms with van der Waals surface area (Å²) in [4.78, 5) is 25.2. The van der Waals surface area contributed by atoms with Gasteiger partial charge < -0.3 is 10.2 Å². The second-order valence-electron chi connectivity index (χ2n) is 7.10. The molecule has 0 atom stereocenters. The van der Waals surface area contributed by atoms with Crippen LogP contribution in [0.1, 0.15) is 47.5 Å². The second-order valence-corrected chi connectivity index (χ2v) is 7.10. The first-order valence-electron chi connectivity index (χ1n) is 6.56. The highest BCUT2D eigenvalue weighted by atomic mass is 16.4. The molecule has 1 fully saturated rings. The van der Waals surface area contributed by atoms with Gasteiger partial charge in [0.25, 0.3) is 0 Å². The van der Waals surface area contributed by atoms with Gasteiger partial charge in [0.15, 0.2) is 5.41 Å². The van der Waals surface area contributed by atoms with Gasteiger partial charge in [-0.2, -0.15) is 0 Å². The van der Waals surface area contributed by atoms with Crippen LogP contribution in [0.15, 0.2) is 0 Å². The third-order valence-electron chi connectivity index (χ3n) is 5.01. The minimum absolute atomic E-state index is 0.224. The second kappa shape index (κ2) is 4.47. The molecule has 0 amide bonds. The first-order valence-corrected chi connectivity index (χ1v) is 6.56. The zero-order valence-corrected chi connectivity index (χ0v) is 12.6. The zero-order chi connectivity index (χ0) is 15.2. The Morgan fingerprint density at radius 1 is 1.05 bits per heavy atom. The Morgan fingerprint density at radius 3 is 1.63 bits per heavy atom. The number of carboxylic acid groups (broad SMARTS) is 2. The number of hydrogen-bond acceptors (Lipinski definition) is 3. The molecule has 0 radical (unpaired) electrons. The minimum Gasteiger partial charge on any atom is -0.480 e. The Kier molecular flexibility index (Phi) is 3.76. The van der Waals surface area contributed by atoms with E-state index in [1.165, 1.54) is 6.92 Å². The molecule has 0 bridgehead atoms. The predicted molar refractivity (Wildman–Crippen MR) is 72.0 cm³/mol. The van der Waals surface area contributed by atoms with Crippen LogP contribution in [0, 0.1) is 11.3 Å². The molecule has 2 N–H and O–H groups in total. The van der Waals surface area contributed by atoms with Crippen molar-refractivity contribution in [3.8, 4) is 0 Å². The summed E-state index contributed by atoms with van der Waals surface area (Å²) < 4.78 is 0. The van der Waals surface area contributed by atoms with E-state index in [1.54, 1.807) is 0 Å². The van der Waals surface area contributed by atoms with Gasteiger partial charge in [-0.1, -0.05) is 0 Å². The maximum atomic E-state index is 11.5. The van der Waals surface area contributed by atoms with Crippen LogP contribution >= 0.6 is 0 Å². The maximum Gasteiger partial charge on any atom is 0.321 e. The number of piperidine rings is 1. The van der Waals surface area contributed by atoms with Crippen LogP contribution in [0.3, 0.4) is 0 Å². The van der Waals surface area contributed by atoms with Gasteiger partial charge in [0.1, 0.15) is 0 Å². The Bertz CT molecular complexity index is 368. The van der Waals surface area contributed by atoms with Gasteiger partial charge in [-0.25, -0.2) is 0 Å². The number of rotatable bonds is 3. The van der Waals surface area contributed by atoms with Gasteiger partial charge in [-0.05, 0) is 60.4 Å². The van der Waals surface area contributed by atoms with E-state index in [4.69, 9.17) is 0 Å². The predicted octanol–water partition coefficient (Wildman–Crippen LogP) is 2.06. The molecule has 0 unspecified atom stereocenters. The first-order chi connectivity index (χ1) is 8.35. The molecular formula is C14H25NO4. The zero-order valence-electron chi connectivity index (χ0n) is 12.6. The van der Waals surface area contributed by atoms with Crippen molar-refractivity contribution in [3.63, 3.8) is 0 Å². The van der Waals surface area contributed by atoms with Gasteiger partial charge in [-0.15, -0.1) is 0 Å². The largest absolute Gasteiger partial charge is 0.480 e. The Balaban J connectivity index is 3.22. The van der Waals surface area contributed by atoms with Crippen molar-refractivity contribution in [2.45, 2.75) is 58.5 Å². The fraction of sp³-hybridized carbons (Fsp3) is 0.857. The lowest BCUT2D eigenvalue weighted by atomic mass is 9.63. The van der Waals surface area contributed by atoms with E-state index in [-0.39, 0.29) is 17.0 Å². The summed E-state index contributed by atoms with van der Waals surface area (Å²) >= 11 is 0. The van der Waals surface area contributed by atoms with Crippen molar-refractivity contribution in [1.82, 2.24) is 4.90 Å². The van der Waals surface area contributed by atoms with E-state index in [0.717, 1.165) is 0 Å². The minimum atomic E-state index is -1.73. The summed E-state index contributed by atoms with van der Waals surface area (Å²) in [5.41, 5.74) is -2.17. The van der Waals surface area contributed by atoms with Gasteiger partial charge in [-0.3, -0.25) is 14.5 Å². The van der Waals surface area contributed by atoms with Crippen molar-refractivity contribution in [3.05, 3.63) is 0 Å². The number of nitrogens with zero attached hydrogens (tertiary/aromatic N) is 1. The molecule has 0 aromatic heterocycles. The first kappa shape index (κ1) is 16.0. The van der Waals surface area contributed by atoms with Crippen molar-refractivity contribution >= 4 is 11.9 Å². The number of hydrogen-bond donors (Lipinski definition) is 2. The van der Waals surface area contributed by atoms with Crippen molar-refractivity contribution < 1.29 is 19.8 Å². The summed E-state index contributed by atoms with van der Waals surface area (Å²) in [6.07, 6.45) is 1.12. The molecule has 110 valence electrons. The highest BCUT2D eigenvalue weighted by Crippen LogP contribution is 2.47. The molecule has 5 heteroatoms. The molecule has 19 heavy (non-hydrogen) atoms. The van der Waals surface area contributed by atoms with E-state index in [2.05, 4.69) is 4.90 Å². The van der Waals surface area contributed by atoms with Crippen molar-refractivity contribution in [1.29, 1.82) is 0 Å². The summed E-state index contributed by atoms with van der Waals surface area (Å²) in [6, 6.07) is 0. The highest BCUT2D eigenvalue weighted by molar-refractivity contribution is 5.98. The number of likely N-dealkylation sites (tertiary alicyclic amines) is 1. The third-order valence-corrected chi connectivity index (χ3v) is 5.01. The summed E-state index contributed by atoms with van der Waals surface area (Å²) in [6.45, 7) is 9.46. The maximum absolute atomic E-state index is 11.5. The van der Waals surface area contributed by atoms with E-state index in [9.17, 15) is 19.8 Å². The third kappa shape index (κ3) is 2.48. The Morgan fingerprint density at radius 2 is 1.37 bits per heavy atom. The molecule has 1 saturated heterocycles. The average molecular weight is 271 g/mol. The van der Waals surface area contributed by atoms with E-state index in [0.29, 0.717) is 12.8 Å². The van der Waals surface area contributed by atoms with Crippen LogP contribution in [0.2, 0.25) is 0 Å². The van der Waals surface area contributed by atoms with Gasteiger partial charge in [0, 0.05) is 11.1 Å². The molecule has 0 aromatic rings. The fourth-order valence-corrected chi connectivity index (χ4v) is 3.22. The lowest BCUT2D eigenvalue weighted by molar-refractivity contribution is -0.173. The molecule has 0 saturated carbocycles. The molecule has 0 aromatic carbocycles. The van der Waals surface area contributed by atoms with Crippen molar-refractivity contribution in [2.24, 2.45) is 11.3 Å². The van der Waals surface area contributed by atoms with Crippen LogP contribution < -0.4 is 0 Å². The quantitative estimate of drug-likeness (QED) is 0.768. The standard InChI is InChI=1S/C14H25NO4/c1-12(2)7-9(8-13(3,4)15(12)6)14(5,10(16)17)11(18)19/h9H,7-8H2,1-6H3,(H,16,17)(H,18,19). The Hall–Kier alpha value is -1.10. The molecule has 1 rings (SSSR count). The summed E-state index contributed by atoms with van der Waals surface area (Å²) in [5.74, 6) is -2.88. The Labute approximate surface area is 114 Å². The molecule has 1 aliphatic heterocycles. The molecule has 5 nitrogen and oxygen atoms in total. The van der Waals surface area contributed by atoms with Crippen molar-refractivity contribution in [2.75, 3.05) is 7.05 Å². The molecular weight excluding hydrogens is 246 g/mol. The topological polar surface area (TPSA) is 77.8 Å². The average Bonchev–Trinajstić information content (AvgIpc) is 2.22.